The summed E-state index contributed by atoms with van der Waals surface area (Å²) in [5.41, 5.74) is 1.19. The normalized spacial score (nSPS) is 11.0. The first-order chi connectivity index (χ1) is 10.2. The number of fused-ring (bicyclic) bond motifs is 1. The van der Waals surface area contributed by atoms with Crippen molar-refractivity contribution in [3.63, 3.8) is 0 Å². The number of nitrogens with one attached hydrogen (secondary N) is 1. The van der Waals surface area contributed by atoms with Crippen LogP contribution in [0.2, 0.25) is 0 Å². The van der Waals surface area contributed by atoms with Crippen molar-refractivity contribution in [1.82, 2.24) is 9.88 Å². The van der Waals surface area contributed by atoms with Crippen molar-refractivity contribution in [2.24, 2.45) is 0 Å². The van der Waals surface area contributed by atoms with Crippen LogP contribution in [0.3, 0.4) is 0 Å². The van der Waals surface area contributed by atoms with Gasteiger partial charge in [-0.1, -0.05) is 0 Å². The zero-order valence-electron chi connectivity index (χ0n) is 11.6. The molecule has 0 radical (unpaired) electrons. The Morgan fingerprint density at radius 3 is 2.90 bits per heavy atom. The van der Waals surface area contributed by atoms with E-state index in [9.17, 15) is 9.18 Å². The van der Waals surface area contributed by atoms with Gasteiger partial charge in [0.25, 0.3) is 5.91 Å². The molecule has 0 saturated carbocycles. The fraction of sp³-hybridized carbons (Fsp3) is 0.188. The molecule has 0 aliphatic rings. The molecule has 0 unspecified atom stereocenters. The van der Waals surface area contributed by atoms with Gasteiger partial charge < -0.3 is 14.3 Å². The minimum Gasteiger partial charge on any atom is -0.467 e. The van der Waals surface area contributed by atoms with E-state index in [1.165, 1.54) is 12.1 Å². The molecule has 4 nitrogen and oxygen atoms in total. The molecule has 0 saturated heterocycles. The van der Waals surface area contributed by atoms with Gasteiger partial charge in [-0.2, -0.15) is 0 Å². The standard InChI is InChI=1S/C16H15FN2O2/c1-2-19(10-13-4-3-7-21-13)16(20)15-9-11-8-12(17)5-6-14(11)18-15/h3-9,18H,2,10H2,1H3. The third kappa shape index (κ3) is 2.67. The van der Waals surface area contributed by atoms with Crippen LogP contribution < -0.4 is 0 Å². The summed E-state index contributed by atoms with van der Waals surface area (Å²) in [6.45, 7) is 2.87. The van der Waals surface area contributed by atoms with Gasteiger partial charge in [-0.25, -0.2) is 4.39 Å². The molecule has 0 bridgehead atoms. The summed E-state index contributed by atoms with van der Waals surface area (Å²) in [7, 11) is 0. The van der Waals surface area contributed by atoms with Crippen LogP contribution in [0, 0.1) is 5.82 Å². The molecule has 1 amide bonds. The number of benzene rings is 1. The van der Waals surface area contributed by atoms with Gasteiger partial charge in [0.2, 0.25) is 0 Å². The van der Waals surface area contributed by atoms with Crippen molar-refractivity contribution in [2.75, 3.05) is 6.54 Å². The number of amides is 1. The Morgan fingerprint density at radius 1 is 1.33 bits per heavy atom. The Balaban J connectivity index is 1.87. The van der Waals surface area contributed by atoms with Gasteiger partial charge in [-0.05, 0) is 43.3 Å². The second-order valence-corrected chi connectivity index (χ2v) is 4.81. The fourth-order valence-electron chi connectivity index (χ4n) is 2.31. The van der Waals surface area contributed by atoms with Crippen molar-refractivity contribution in [2.45, 2.75) is 13.5 Å². The number of rotatable bonds is 4. The van der Waals surface area contributed by atoms with Gasteiger partial charge in [0.1, 0.15) is 17.3 Å². The molecular formula is C16H15FN2O2. The van der Waals surface area contributed by atoms with Crippen LogP contribution in [0.25, 0.3) is 10.9 Å². The Morgan fingerprint density at radius 2 is 2.19 bits per heavy atom. The summed E-state index contributed by atoms with van der Waals surface area (Å²) in [6, 6.07) is 9.70. The van der Waals surface area contributed by atoms with Crippen LogP contribution in [0.1, 0.15) is 23.2 Å². The van der Waals surface area contributed by atoms with Gasteiger partial charge >= 0.3 is 0 Å². The van der Waals surface area contributed by atoms with Crippen LogP contribution in [0.4, 0.5) is 4.39 Å². The topological polar surface area (TPSA) is 49.2 Å². The highest BCUT2D eigenvalue weighted by molar-refractivity contribution is 5.98. The lowest BCUT2D eigenvalue weighted by molar-refractivity contribution is 0.0736. The van der Waals surface area contributed by atoms with Crippen molar-refractivity contribution < 1.29 is 13.6 Å². The predicted molar refractivity (Wildman–Crippen MR) is 77.4 cm³/mol. The number of aromatic nitrogens is 1. The summed E-state index contributed by atoms with van der Waals surface area (Å²) < 4.78 is 18.5. The zero-order valence-corrected chi connectivity index (χ0v) is 11.6. The summed E-state index contributed by atoms with van der Waals surface area (Å²) >= 11 is 0. The summed E-state index contributed by atoms with van der Waals surface area (Å²) in [6.07, 6.45) is 1.58. The molecule has 3 rings (SSSR count). The first kappa shape index (κ1) is 13.4. The smallest absolute Gasteiger partial charge is 0.270 e. The van der Waals surface area contributed by atoms with E-state index in [0.717, 1.165) is 11.3 Å². The molecule has 2 heterocycles. The number of furan rings is 1. The van der Waals surface area contributed by atoms with Crippen molar-refractivity contribution in [3.8, 4) is 0 Å². The SMILES string of the molecule is CCN(Cc1ccco1)C(=O)c1cc2cc(F)ccc2[nH]1. The van der Waals surface area contributed by atoms with Crippen molar-refractivity contribution in [3.05, 3.63) is 59.9 Å². The van der Waals surface area contributed by atoms with E-state index in [1.54, 1.807) is 29.4 Å². The number of halogens is 1. The first-order valence-electron chi connectivity index (χ1n) is 6.77. The molecule has 21 heavy (non-hydrogen) atoms. The largest absolute Gasteiger partial charge is 0.467 e. The van der Waals surface area contributed by atoms with Crippen molar-refractivity contribution >= 4 is 16.8 Å². The summed E-state index contributed by atoms with van der Waals surface area (Å²) in [5.74, 6) is 0.279. The van der Waals surface area contributed by atoms with Gasteiger partial charge in [0.15, 0.2) is 0 Å². The van der Waals surface area contributed by atoms with Gasteiger partial charge in [0.05, 0.1) is 12.8 Å². The predicted octanol–water partition coefficient (Wildman–Crippen LogP) is 3.56. The van der Waals surface area contributed by atoms with Crippen LogP contribution in [0.15, 0.2) is 47.1 Å². The van der Waals surface area contributed by atoms with E-state index in [0.29, 0.717) is 24.2 Å². The number of H-pyrrole nitrogens is 1. The van der Waals surface area contributed by atoms with E-state index in [2.05, 4.69) is 4.98 Å². The third-order valence-electron chi connectivity index (χ3n) is 3.41. The van der Waals surface area contributed by atoms with E-state index >= 15 is 0 Å². The number of aromatic amines is 1. The minimum atomic E-state index is -0.316. The molecule has 0 atom stereocenters. The third-order valence-corrected chi connectivity index (χ3v) is 3.41. The maximum absolute atomic E-state index is 13.2. The highest BCUT2D eigenvalue weighted by Gasteiger charge is 2.17. The Labute approximate surface area is 121 Å². The molecule has 0 spiro atoms. The first-order valence-corrected chi connectivity index (χ1v) is 6.77. The molecule has 1 N–H and O–H groups in total. The molecule has 0 fully saturated rings. The Kier molecular flexibility index (Phi) is 3.48. The zero-order chi connectivity index (χ0) is 14.8. The van der Waals surface area contributed by atoms with Crippen LogP contribution in [-0.2, 0) is 6.54 Å². The Bertz CT molecular complexity index is 762. The monoisotopic (exact) mass is 286 g/mol. The average Bonchev–Trinajstić information content (AvgIpc) is 3.12. The quantitative estimate of drug-likeness (QED) is 0.797. The molecule has 1 aromatic carbocycles. The number of hydrogen-bond acceptors (Lipinski definition) is 2. The van der Waals surface area contributed by atoms with Crippen LogP contribution >= 0.6 is 0 Å². The fourth-order valence-corrected chi connectivity index (χ4v) is 2.31. The lowest BCUT2D eigenvalue weighted by Gasteiger charge is -2.18. The number of hydrogen-bond donors (Lipinski definition) is 1. The molecule has 0 aliphatic heterocycles. The van der Waals surface area contributed by atoms with Gasteiger partial charge in [-0.15, -0.1) is 0 Å². The molecule has 3 aromatic rings. The van der Waals surface area contributed by atoms with Crippen LogP contribution in [-0.4, -0.2) is 22.3 Å². The number of carbonyl (C=O) groups excluding carboxylic acids is 1. The molecule has 0 aliphatic carbocycles. The van der Waals surface area contributed by atoms with Crippen LogP contribution in [0.5, 0.6) is 0 Å². The van der Waals surface area contributed by atoms with E-state index in [1.807, 2.05) is 13.0 Å². The summed E-state index contributed by atoms with van der Waals surface area (Å²) in [5, 5.41) is 0.687. The highest BCUT2D eigenvalue weighted by atomic mass is 19.1. The average molecular weight is 286 g/mol. The second kappa shape index (κ2) is 5.44. The molecule has 2 aromatic heterocycles. The summed E-state index contributed by atoms with van der Waals surface area (Å²) in [4.78, 5) is 17.2. The maximum atomic E-state index is 13.2. The second-order valence-electron chi connectivity index (χ2n) is 4.81. The van der Waals surface area contributed by atoms with E-state index < -0.39 is 0 Å². The van der Waals surface area contributed by atoms with Crippen molar-refractivity contribution in [1.29, 1.82) is 0 Å². The van der Waals surface area contributed by atoms with E-state index in [-0.39, 0.29) is 11.7 Å². The lowest BCUT2D eigenvalue weighted by atomic mass is 10.2. The lowest BCUT2D eigenvalue weighted by Crippen LogP contribution is -2.30. The maximum Gasteiger partial charge on any atom is 0.270 e. The highest BCUT2D eigenvalue weighted by Crippen LogP contribution is 2.18. The molecule has 108 valence electrons. The van der Waals surface area contributed by atoms with Gasteiger partial charge in [0, 0.05) is 17.4 Å². The number of nitrogens with zero attached hydrogens (tertiary/aromatic N) is 1. The Hall–Kier alpha value is -2.56. The number of carbonyl (C=O) groups is 1. The van der Waals surface area contributed by atoms with E-state index in [4.69, 9.17) is 4.42 Å². The van der Waals surface area contributed by atoms with Gasteiger partial charge in [-0.3, -0.25) is 4.79 Å². The minimum absolute atomic E-state index is 0.134. The molecule has 5 heteroatoms. The molecular weight excluding hydrogens is 271 g/mol.